The summed E-state index contributed by atoms with van der Waals surface area (Å²) in [5.74, 6) is -0.372. The average molecular weight is 397 g/mol. The number of allylic oxidation sites excluding steroid dienone is 1. The molecular weight excluding hydrogens is 364 g/mol. The Kier molecular flexibility index (Phi) is 9.28. The van der Waals surface area contributed by atoms with E-state index in [4.69, 9.17) is 9.53 Å². The zero-order chi connectivity index (χ0) is 20.6. The van der Waals surface area contributed by atoms with Gasteiger partial charge in [-0.3, -0.25) is 14.4 Å². The minimum atomic E-state index is -1.54. The quantitative estimate of drug-likeness (QED) is 0.525. The zero-order valence-electron chi connectivity index (χ0n) is 17.0. The Bertz CT molecular complexity index is 610. The van der Waals surface area contributed by atoms with Crippen LogP contribution >= 0.6 is 0 Å². The van der Waals surface area contributed by atoms with Gasteiger partial charge in [0, 0.05) is 18.4 Å². The molecular formula is C20H32O6Si. The van der Waals surface area contributed by atoms with Crippen LogP contribution in [0.5, 0.6) is 0 Å². The van der Waals surface area contributed by atoms with Crippen LogP contribution in [0.15, 0.2) is 23.3 Å². The number of hydrogen-bond donors (Lipinski definition) is 1. The molecule has 2 rings (SSSR count). The van der Waals surface area contributed by atoms with E-state index < -0.39 is 20.4 Å². The van der Waals surface area contributed by atoms with Gasteiger partial charge < -0.3 is 14.3 Å². The van der Waals surface area contributed by atoms with Crippen molar-refractivity contribution in [2.45, 2.75) is 77.3 Å². The second-order valence-corrected chi connectivity index (χ2v) is 11.7. The summed E-state index contributed by atoms with van der Waals surface area (Å²) in [5, 5.41) is 9.01. The highest BCUT2D eigenvalue weighted by Gasteiger charge is 2.34. The van der Waals surface area contributed by atoms with Gasteiger partial charge >= 0.3 is 5.97 Å². The van der Waals surface area contributed by atoms with E-state index in [0.717, 1.165) is 23.7 Å². The topological polar surface area (TPSA) is 89.9 Å². The predicted molar refractivity (Wildman–Crippen MR) is 106 cm³/mol. The van der Waals surface area contributed by atoms with Gasteiger partial charge in [0.1, 0.15) is 0 Å². The zero-order valence-corrected chi connectivity index (χ0v) is 18.0. The first-order chi connectivity index (χ1) is 12.7. The molecule has 0 saturated carbocycles. The van der Waals surface area contributed by atoms with Crippen molar-refractivity contribution >= 4 is 25.9 Å². The van der Waals surface area contributed by atoms with Gasteiger partial charge in [-0.25, -0.2) is 0 Å². The third kappa shape index (κ3) is 6.83. The molecule has 2 aliphatic carbocycles. The largest absolute Gasteiger partial charge is 0.469 e. The summed E-state index contributed by atoms with van der Waals surface area (Å²) >= 11 is 0. The average Bonchev–Trinajstić information content (AvgIpc) is 3.13. The van der Waals surface area contributed by atoms with Crippen molar-refractivity contribution in [1.82, 2.24) is 0 Å². The van der Waals surface area contributed by atoms with Crippen LogP contribution in [-0.4, -0.2) is 50.3 Å². The van der Waals surface area contributed by atoms with Crippen molar-refractivity contribution in [2.75, 3.05) is 7.11 Å². The van der Waals surface area contributed by atoms with Gasteiger partial charge in [-0.15, -0.1) is 0 Å². The van der Waals surface area contributed by atoms with Crippen LogP contribution in [0.2, 0.25) is 18.1 Å². The summed E-state index contributed by atoms with van der Waals surface area (Å²) in [5.41, 5.74) is 1.24. The summed E-state index contributed by atoms with van der Waals surface area (Å²) in [6.07, 6.45) is 3.38. The highest BCUT2D eigenvalue weighted by atomic mass is 28.4. The van der Waals surface area contributed by atoms with Crippen molar-refractivity contribution in [3.05, 3.63) is 23.3 Å². The molecule has 152 valence electrons. The summed E-state index contributed by atoms with van der Waals surface area (Å²) < 4.78 is 10.6. The molecule has 6 nitrogen and oxygen atoms in total. The van der Waals surface area contributed by atoms with Crippen molar-refractivity contribution in [1.29, 1.82) is 0 Å². The highest BCUT2D eigenvalue weighted by molar-refractivity contribution is 6.73. The molecule has 0 aromatic carbocycles. The Balaban J connectivity index is 0.000000277. The van der Waals surface area contributed by atoms with Crippen molar-refractivity contribution < 1.29 is 28.7 Å². The lowest BCUT2D eigenvalue weighted by Crippen LogP contribution is -2.39. The van der Waals surface area contributed by atoms with E-state index in [9.17, 15) is 14.4 Å². The molecule has 0 aromatic rings. The molecule has 0 saturated heterocycles. The van der Waals surface area contributed by atoms with Crippen LogP contribution in [0.25, 0.3) is 0 Å². The van der Waals surface area contributed by atoms with E-state index in [0.29, 0.717) is 12.0 Å². The van der Waals surface area contributed by atoms with Crippen LogP contribution in [-0.2, 0) is 23.5 Å². The Morgan fingerprint density at radius 3 is 2.07 bits per heavy atom. The number of carbonyl (C=O) groups is 3. The molecule has 0 amide bonds. The van der Waals surface area contributed by atoms with Crippen molar-refractivity contribution in [3.8, 4) is 0 Å². The molecule has 0 aliphatic heterocycles. The lowest BCUT2D eigenvalue weighted by molar-refractivity contribution is -0.140. The van der Waals surface area contributed by atoms with Crippen LogP contribution in [0.4, 0.5) is 0 Å². The lowest BCUT2D eigenvalue weighted by Gasteiger charge is -2.30. The molecule has 2 atom stereocenters. The fourth-order valence-electron chi connectivity index (χ4n) is 3.26. The first-order valence-corrected chi connectivity index (χ1v) is 12.1. The van der Waals surface area contributed by atoms with Gasteiger partial charge in [0.25, 0.3) is 0 Å². The van der Waals surface area contributed by atoms with Crippen LogP contribution in [0.1, 0.15) is 47.0 Å². The number of carbonyl (C=O) groups excluding carboxylic acids is 3. The number of aliphatic hydroxyl groups is 1. The Morgan fingerprint density at radius 1 is 1.11 bits per heavy atom. The standard InChI is InChI=1S/C12H22O2Si.C8H10O4/c1-5-15(6-2,7-3)14-11-8-10(4)12(13)9-11;1-12-8(11)3-5-2-6(9)4-7(5)10/h8,11H,5-7,9H2,1-4H3;2,6,9H,3-4H2,1H3. The predicted octanol–water partition coefficient (Wildman–Crippen LogP) is 3.11. The highest BCUT2D eigenvalue weighted by Crippen LogP contribution is 2.28. The molecule has 7 heteroatoms. The van der Waals surface area contributed by atoms with E-state index in [1.54, 1.807) is 0 Å². The Labute approximate surface area is 162 Å². The van der Waals surface area contributed by atoms with E-state index in [1.165, 1.54) is 13.2 Å². The molecule has 0 bridgehead atoms. The van der Waals surface area contributed by atoms with Crippen LogP contribution in [0, 0.1) is 0 Å². The summed E-state index contributed by atoms with van der Waals surface area (Å²) in [4.78, 5) is 33.1. The first-order valence-electron chi connectivity index (χ1n) is 9.58. The number of aliphatic hydroxyl groups excluding tert-OH is 1. The molecule has 0 radical (unpaired) electrons. The molecule has 0 fully saturated rings. The maximum absolute atomic E-state index is 11.4. The summed E-state index contributed by atoms with van der Waals surface area (Å²) in [7, 11) is -0.276. The van der Waals surface area contributed by atoms with Crippen molar-refractivity contribution in [2.24, 2.45) is 0 Å². The number of hydrogen-bond acceptors (Lipinski definition) is 6. The number of methoxy groups -OCH3 is 1. The number of Topliss-reactive ketones (excluding diaryl/α,β-unsaturated/α-hetero) is 2. The van der Waals surface area contributed by atoms with Crippen LogP contribution in [0.3, 0.4) is 0 Å². The second kappa shape index (κ2) is 10.7. The third-order valence-corrected chi connectivity index (χ3v) is 9.97. The minimum Gasteiger partial charge on any atom is -0.469 e. The van der Waals surface area contributed by atoms with E-state index in [1.807, 2.05) is 13.0 Å². The Hall–Kier alpha value is -1.57. The minimum absolute atomic E-state index is 0.0353. The molecule has 27 heavy (non-hydrogen) atoms. The Morgan fingerprint density at radius 2 is 1.70 bits per heavy atom. The molecule has 1 N–H and O–H groups in total. The van der Waals surface area contributed by atoms with Crippen LogP contribution < -0.4 is 0 Å². The number of ether oxygens (including phenoxy) is 1. The molecule has 2 unspecified atom stereocenters. The SMILES string of the molecule is CC[Si](CC)(CC)OC1C=C(C)C(=O)C1.COC(=O)CC1=CC(O)CC1=O. The normalized spacial score (nSPS) is 22.1. The van der Waals surface area contributed by atoms with Gasteiger partial charge in [0.2, 0.25) is 0 Å². The maximum Gasteiger partial charge on any atom is 0.310 e. The molecule has 2 aliphatic rings. The van der Waals surface area contributed by atoms with Crippen molar-refractivity contribution in [3.63, 3.8) is 0 Å². The smallest absolute Gasteiger partial charge is 0.310 e. The molecule has 0 spiro atoms. The summed E-state index contributed by atoms with van der Waals surface area (Å²) in [6, 6.07) is 3.45. The van der Waals surface area contributed by atoms with E-state index in [-0.39, 0.29) is 30.5 Å². The van der Waals surface area contributed by atoms with Gasteiger partial charge in [0.15, 0.2) is 19.9 Å². The van der Waals surface area contributed by atoms with Gasteiger partial charge in [-0.1, -0.05) is 26.8 Å². The van der Waals surface area contributed by atoms with E-state index in [2.05, 4.69) is 25.5 Å². The lowest BCUT2D eigenvalue weighted by atomic mass is 10.1. The fraction of sp³-hybridized carbons (Fsp3) is 0.650. The first kappa shape index (κ1) is 23.5. The number of ketones is 2. The summed E-state index contributed by atoms with van der Waals surface area (Å²) in [6.45, 7) is 8.53. The maximum atomic E-state index is 11.4. The third-order valence-electron chi connectivity index (χ3n) is 5.31. The monoisotopic (exact) mass is 396 g/mol. The van der Waals surface area contributed by atoms with Gasteiger partial charge in [-0.05, 0) is 36.7 Å². The fourth-order valence-corrected chi connectivity index (χ4v) is 6.06. The van der Waals surface area contributed by atoms with E-state index >= 15 is 0 Å². The van der Waals surface area contributed by atoms with Gasteiger partial charge in [0.05, 0.1) is 25.7 Å². The molecule has 0 aromatic heterocycles. The number of rotatable bonds is 7. The molecule has 0 heterocycles. The van der Waals surface area contributed by atoms with Gasteiger partial charge in [-0.2, -0.15) is 0 Å². The second-order valence-electron chi connectivity index (χ2n) is 7.02. The number of esters is 1.